The number of hydrogen-bond donors (Lipinski definition) is 0. The zero-order chi connectivity index (χ0) is 13.9. The van der Waals surface area contributed by atoms with Crippen LogP contribution < -0.4 is 0 Å². The molecule has 0 amide bonds. The van der Waals surface area contributed by atoms with Crippen LogP contribution in [0.5, 0.6) is 0 Å². The van der Waals surface area contributed by atoms with Gasteiger partial charge in [0.15, 0.2) is 5.78 Å². The lowest BCUT2D eigenvalue weighted by molar-refractivity contribution is -0.137. The summed E-state index contributed by atoms with van der Waals surface area (Å²) in [4.78, 5) is 15.1. The molecule has 0 atom stereocenters. The first-order valence-electron chi connectivity index (χ1n) is 7.92. The molecule has 3 nitrogen and oxygen atoms in total. The number of rotatable bonds is 4. The van der Waals surface area contributed by atoms with E-state index in [1.807, 2.05) is 0 Å². The Kier molecular flexibility index (Phi) is 5.02. The highest BCUT2D eigenvalue weighted by Gasteiger charge is 2.40. The molecule has 1 aliphatic heterocycles. The Bertz CT molecular complexity index is 300. The summed E-state index contributed by atoms with van der Waals surface area (Å²) < 4.78 is 5.40. The summed E-state index contributed by atoms with van der Waals surface area (Å²) in [5.74, 6) is 1.61. The third-order valence-corrected chi connectivity index (χ3v) is 5.20. The van der Waals surface area contributed by atoms with Gasteiger partial charge in [-0.1, -0.05) is 13.3 Å². The van der Waals surface area contributed by atoms with Gasteiger partial charge in [-0.05, 0) is 45.4 Å². The van der Waals surface area contributed by atoms with E-state index in [1.165, 1.54) is 19.3 Å². The molecule has 0 N–H and O–H groups in total. The summed E-state index contributed by atoms with van der Waals surface area (Å²) in [6.45, 7) is 9.79. The van der Waals surface area contributed by atoms with Crippen molar-refractivity contribution in [3.8, 4) is 0 Å². The average Bonchev–Trinajstić information content (AvgIpc) is 2.47. The van der Waals surface area contributed by atoms with E-state index in [0.29, 0.717) is 11.7 Å². The standard InChI is InChI=1S/C16H29NO2/c1-4-13-5-7-14(8-6-13)15(18)16(2,3)17-9-11-19-12-10-17/h13-14H,4-12H2,1-3H3. The summed E-state index contributed by atoms with van der Waals surface area (Å²) in [5.41, 5.74) is -0.312. The van der Waals surface area contributed by atoms with Gasteiger partial charge >= 0.3 is 0 Å². The van der Waals surface area contributed by atoms with Gasteiger partial charge in [-0.25, -0.2) is 0 Å². The lowest BCUT2D eigenvalue weighted by Crippen LogP contribution is -2.56. The van der Waals surface area contributed by atoms with E-state index in [2.05, 4.69) is 25.7 Å². The van der Waals surface area contributed by atoms with Crippen LogP contribution in [0.1, 0.15) is 52.9 Å². The molecule has 0 unspecified atom stereocenters. The van der Waals surface area contributed by atoms with Crippen LogP contribution in [0.2, 0.25) is 0 Å². The monoisotopic (exact) mass is 267 g/mol. The van der Waals surface area contributed by atoms with Gasteiger partial charge in [0, 0.05) is 19.0 Å². The van der Waals surface area contributed by atoms with E-state index in [-0.39, 0.29) is 5.54 Å². The van der Waals surface area contributed by atoms with Gasteiger partial charge in [0.2, 0.25) is 0 Å². The molecule has 0 aromatic rings. The second-order valence-corrected chi connectivity index (χ2v) is 6.65. The number of Topliss-reactive ketones (excluding diaryl/α,β-unsaturated/α-hetero) is 1. The van der Waals surface area contributed by atoms with E-state index in [9.17, 15) is 4.79 Å². The van der Waals surface area contributed by atoms with E-state index < -0.39 is 0 Å². The maximum absolute atomic E-state index is 12.8. The fourth-order valence-electron chi connectivity index (χ4n) is 3.61. The Balaban J connectivity index is 1.94. The smallest absolute Gasteiger partial charge is 0.155 e. The normalized spacial score (nSPS) is 30.3. The van der Waals surface area contributed by atoms with Gasteiger partial charge in [0.05, 0.1) is 18.8 Å². The first kappa shape index (κ1) is 15.0. The number of morpholine rings is 1. The Morgan fingerprint density at radius 1 is 1.16 bits per heavy atom. The molecule has 1 saturated carbocycles. The minimum atomic E-state index is -0.312. The number of ketones is 1. The molecule has 0 spiro atoms. The van der Waals surface area contributed by atoms with E-state index in [1.54, 1.807) is 0 Å². The molecule has 19 heavy (non-hydrogen) atoms. The topological polar surface area (TPSA) is 29.5 Å². The van der Waals surface area contributed by atoms with Gasteiger partial charge in [-0.3, -0.25) is 9.69 Å². The first-order valence-corrected chi connectivity index (χ1v) is 7.92. The SMILES string of the molecule is CCC1CCC(C(=O)C(C)(C)N2CCOCC2)CC1. The van der Waals surface area contributed by atoms with Crippen LogP contribution in [-0.2, 0) is 9.53 Å². The van der Waals surface area contributed by atoms with Gasteiger partial charge in [-0.15, -0.1) is 0 Å². The number of carbonyl (C=O) groups is 1. The van der Waals surface area contributed by atoms with Crippen molar-refractivity contribution < 1.29 is 9.53 Å². The fraction of sp³-hybridized carbons (Fsp3) is 0.938. The van der Waals surface area contributed by atoms with Crippen molar-refractivity contribution in [3.63, 3.8) is 0 Å². The van der Waals surface area contributed by atoms with E-state index >= 15 is 0 Å². The maximum atomic E-state index is 12.8. The van der Waals surface area contributed by atoms with Gasteiger partial charge < -0.3 is 4.74 Å². The zero-order valence-corrected chi connectivity index (χ0v) is 12.8. The van der Waals surface area contributed by atoms with Crippen molar-refractivity contribution in [2.45, 2.75) is 58.4 Å². The van der Waals surface area contributed by atoms with Crippen LogP contribution in [0.4, 0.5) is 0 Å². The third-order valence-electron chi connectivity index (χ3n) is 5.20. The molecule has 110 valence electrons. The number of hydrogen-bond acceptors (Lipinski definition) is 3. The van der Waals surface area contributed by atoms with Gasteiger partial charge in [0.1, 0.15) is 0 Å². The first-order chi connectivity index (χ1) is 9.05. The van der Waals surface area contributed by atoms with Crippen LogP contribution in [-0.4, -0.2) is 42.5 Å². The number of nitrogens with zero attached hydrogens (tertiary/aromatic N) is 1. The summed E-state index contributed by atoms with van der Waals surface area (Å²) in [6.07, 6.45) is 5.96. The molecule has 2 aliphatic rings. The predicted molar refractivity (Wildman–Crippen MR) is 77.2 cm³/mol. The molecule has 2 rings (SSSR count). The lowest BCUT2D eigenvalue weighted by Gasteiger charge is -2.42. The summed E-state index contributed by atoms with van der Waals surface area (Å²) >= 11 is 0. The van der Waals surface area contributed by atoms with Crippen LogP contribution in [0, 0.1) is 11.8 Å². The van der Waals surface area contributed by atoms with Crippen molar-refractivity contribution in [2.75, 3.05) is 26.3 Å². The Morgan fingerprint density at radius 2 is 1.74 bits per heavy atom. The highest BCUT2D eigenvalue weighted by molar-refractivity contribution is 5.89. The molecular formula is C16H29NO2. The molecular weight excluding hydrogens is 238 g/mol. The largest absolute Gasteiger partial charge is 0.379 e. The molecule has 0 bridgehead atoms. The van der Waals surface area contributed by atoms with Gasteiger partial charge in [-0.2, -0.15) is 0 Å². The summed E-state index contributed by atoms with van der Waals surface area (Å²) in [5, 5.41) is 0. The molecule has 1 aliphatic carbocycles. The molecule has 1 heterocycles. The molecule has 0 radical (unpaired) electrons. The highest BCUT2D eigenvalue weighted by atomic mass is 16.5. The van der Waals surface area contributed by atoms with Crippen molar-refractivity contribution >= 4 is 5.78 Å². The number of ether oxygens (including phenoxy) is 1. The van der Waals surface area contributed by atoms with Crippen LogP contribution >= 0.6 is 0 Å². The van der Waals surface area contributed by atoms with Crippen molar-refractivity contribution in [3.05, 3.63) is 0 Å². The van der Waals surface area contributed by atoms with Gasteiger partial charge in [0.25, 0.3) is 0 Å². The van der Waals surface area contributed by atoms with E-state index in [0.717, 1.165) is 45.1 Å². The van der Waals surface area contributed by atoms with Crippen molar-refractivity contribution in [2.24, 2.45) is 11.8 Å². The van der Waals surface area contributed by atoms with Crippen molar-refractivity contribution in [1.82, 2.24) is 4.90 Å². The quantitative estimate of drug-likeness (QED) is 0.784. The molecule has 2 fully saturated rings. The molecule has 1 saturated heterocycles. The minimum Gasteiger partial charge on any atom is -0.379 e. The Hall–Kier alpha value is -0.410. The summed E-state index contributed by atoms with van der Waals surface area (Å²) in [6, 6.07) is 0. The average molecular weight is 267 g/mol. The zero-order valence-electron chi connectivity index (χ0n) is 12.8. The molecule has 0 aromatic carbocycles. The predicted octanol–water partition coefficient (Wildman–Crippen LogP) is 2.88. The third kappa shape index (κ3) is 3.38. The van der Waals surface area contributed by atoms with Crippen molar-refractivity contribution in [1.29, 1.82) is 0 Å². The Labute approximate surface area is 117 Å². The Morgan fingerprint density at radius 3 is 2.26 bits per heavy atom. The fourth-order valence-corrected chi connectivity index (χ4v) is 3.61. The second-order valence-electron chi connectivity index (χ2n) is 6.65. The van der Waals surface area contributed by atoms with Crippen LogP contribution in [0.15, 0.2) is 0 Å². The number of carbonyl (C=O) groups excluding carboxylic acids is 1. The molecule has 3 heteroatoms. The second kappa shape index (κ2) is 6.36. The maximum Gasteiger partial charge on any atom is 0.155 e. The highest BCUT2D eigenvalue weighted by Crippen LogP contribution is 2.34. The summed E-state index contributed by atoms with van der Waals surface area (Å²) in [7, 11) is 0. The van der Waals surface area contributed by atoms with E-state index in [4.69, 9.17) is 4.74 Å². The molecule has 0 aromatic heterocycles. The lowest BCUT2D eigenvalue weighted by atomic mass is 9.74. The van der Waals surface area contributed by atoms with Crippen LogP contribution in [0.25, 0.3) is 0 Å². The minimum absolute atomic E-state index is 0.292. The van der Waals surface area contributed by atoms with Crippen LogP contribution in [0.3, 0.4) is 0 Å².